The number of aromatic nitrogens is 2. The minimum atomic E-state index is 0.109. The summed E-state index contributed by atoms with van der Waals surface area (Å²) >= 11 is 0. The van der Waals surface area contributed by atoms with Gasteiger partial charge in [-0.1, -0.05) is 44.2 Å². The van der Waals surface area contributed by atoms with Gasteiger partial charge in [-0.2, -0.15) is 4.57 Å². The van der Waals surface area contributed by atoms with E-state index in [0.29, 0.717) is 18.0 Å². The summed E-state index contributed by atoms with van der Waals surface area (Å²) in [6.45, 7) is 4.84. The molecule has 1 heterocycles. The average molecular weight is 255 g/mol. The van der Waals surface area contributed by atoms with Crippen molar-refractivity contribution >= 4 is 5.78 Å². The van der Waals surface area contributed by atoms with Crippen LogP contribution in [0, 0.1) is 5.92 Å². The minimum absolute atomic E-state index is 0.109. The maximum atomic E-state index is 12.0. The van der Waals surface area contributed by atoms with Gasteiger partial charge in [-0.3, -0.25) is 4.79 Å². The van der Waals surface area contributed by atoms with Crippen LogP contribution >= 0.6 is 0 Å². The lowest BCUT2D eigenvalue weighted by Crippen LogP contribution is -2.35. The highest BCUT2D eigenvalue weighted by Crippen LogP contribution is 2.05. The number of Topliss-reactive ketones (excluding diaryl/α,β-unsaturated/α-hetero) is 1. The van der Waals surface area contributed by atoms with Crippen LogP contribution in [-0.2, 0) is 6.54 Å². The molecule has 19 heavy (non-hydrogen) atoms. The van der Waals surface area contributed by atoms with Gasteiger partial charge in [0, 0.05) is 12.0 Å². The van der Waals surface area contributed by atoms with Crippen LogP contribution in [0.5, 0.6) is 0 Å². The Hall–Kier alpha value is -2.03. The van der Waals surface area contributed by atoms with Crippen molar-refractivity contribution in [2.75, 3.05) is 0 Å². The van der Waals surface area contributed by atoms with Gasteiger partial charge in [-0.05, 0) is 5.92 Å². The molecule has 0 aliphatic heterocycles. The highest BCUT2D eigenvalue weighted by atomic mass is 16.1. The zero-order chi connectivity index (χ0) is 13.7. The van der Waals surface area contributed by atoms with E-state index in [2.05, 4.69) is 17.1 Å². The first kappa shape index (κ1) is 13.4. The third-order valence-corrected chi connectivity index (χ3v) is 2.85. The summed E-state index contributed by atoms with van der Waals surface area (Å²) in [5.74, 6) is 0.467. The molecule has 98 valence electrons. The average Bonchev–Trinajstić information content (AvgIpc) is 2.39. The lowest BCUT2D eigenvalue weighted by atomic mass is 10.1. The summed E-state index contributed by atoms with van der Waals surface area (Å²) in [5.41, 5.74) is 1.76. The summed E-state index contributed by atoms with van der Waals surface area (Å²) in [6.07, 6.45) is 5.95. The Morgan fingerprint density at radius 2 is 2.00 bits per heavy atom. The van der Waals surface area contributed by atoms with Gasteiger partial charge in [0.2, 0.25) is 0 Å². The molecule has 0 bridgehead atoms. The Kier molecular flexibility index (Phi) is 4.39. The van der Waals surface area contributed by atoms with E-state index in [1.807, 2.05) is 49.0 Å². The monoisotopic (exact) mass is 255 g/mol. The summed E-state index contributed by atoms with van der Waals surface area (Å²) in [7, 11) is 0. The van der Waals surface area contributed by atoms with E-state index in [9.17, 15) is 4.79 Å². The van der Waals surface area contributed by atoms with Gasteiger partial charge in [0.15, 0.2) is 30.4 Å². The first-order valence-electron chi connectivity index (χ1n) is 6.57. The molecule has 2 aromatic rings. The maximum absolute atomic E-state index is 12.0. The Labute approximate surface area is 113 Å². The first-order chi connectivity index (χ1) is 9.15. The van der Waals surface area contributed by atoms with Gasteiger partial charge in [-0.25, -0.2) is 4.98 Å². The molecule has 0 aliphatic carbocycles. The second kappa shape index (κ2) is 6.23. The number of hydrogen-bond acceptors (Lipinski definition) is 2. The standard InChI is InChI=1S/C16H19N2O/c1-13(2)10-16(19)15-12-18(9-8-17-15)11-14-6-4-3-5-7-14/h3-9,12-13H,10-11H2,1-2H3/q+1. The van der Waals surface area contributed by atoms with E-state index in [-0.39, 0.29) is 5.78 Å². The van der Waals surface area contributed by atoms with Crippen LogP contribution in [-0.4, -0.2) is 10.8 Å². The van der Waals surface area contributed by atoms with Crippen LogP contribution < -0.4 is 4.57 Å². The van der Waals surface area contributed by atoms with Crippen LogP contribution in [0.25, 0.3) is 0 Å². The number of benzene rings is 1. The van der Waals surface area contributed by atoms with E-state index in [0.717, 1.165) is 6.54 Å². The topological polar surface area (TPSA) is 33.8 Å². The van der Waals surface area contributed by atoms with Gasteiger partial charge >= 0.3 is 0 Å². The summed E-state index contributed by atoms with van der Waals surface area (Å²) in [6, 6.07) is 10.2. The molecule has 3 heteroatoms. The number of nitrogens with zero attached hydrogens (tertiary/aromatic N) is 2. The third-order valence-electron chi connectivity index (χ3n) is 2.85. The first-order valence-corrected chi connectivity index (χ1v) is 6.57. The van der Waals surface area contributed by atoms with Crippen molar-refractivity contribution in [3.05, 3.63) is 60.2 Å². The van der Waals surface area contributed by atoms with E-state index < -0.39 is 0 Å². The molecule has 3 nitrogen and oxygen atoms in total. The maximum Gasteiger partial charge on any atom is 0.198 e. The van der Waals surface area contributed by atoms with Crippen LogP contribution in [0.1, 0.15) is 36.3 Å². The molecule has 0 atom stereocenters. The van der Waals surface area contributed by atoms with Crippen molar-refractivity contribution in [2.24, 2.45) is 5.92 Å². The Morgan fingerprint density at radius 3 is 2.68 bits per heavy atom. The molecule has 2 rings (SSSR count). The smallest absolute Gasteiger partial charge is 0.198 e. The van der Waals surface area contributed by atoms with Crippen molar-refractivity contribution in [3.63, 3.8) is 0 Å². The fourth-order valence-electron chi connectivity index (χ4n) is 1.94. The number of ketones is 1. The predicted octanol–water partition coefficient (Wildman–Crippen LogP) is 2.65. The molecule has 0 N–H and O–H groups in total. The summed E-state index contributed by atoms with van der Waals surface area (Å²) in [4.78, 5) is 16.1. The minimum Gasteiger partial charge on any atom is -0.292 e. The van der Waals surface area contributed by atoms with E-state index in [1.54, 1.807) is 6.20 Å². The molecule has 0 aliphatic rings. The molecular weight excluding hydrogens is 236 g/mol. The predicted molar refractivity (Wildman–Crippen MR) is 73.8 cm³/mol. The quantitative estimate of drug-likeness (QED) is 0.608. The molecular formula is C16H19N2O+. The molecule has 0 saturated heterocycles. The van der Waals surface area contributed by atoms with Crippen molar-refractivity contribution in [3.8, 4) is 0 Å². The highest BCUT2D eigenvalue weighted by molar-refractivity contribution is 5.93. The molecule has 0 radical (unpaired) electrons. The normalized spacial score (nSPS) is 10.7. The van der Waals surface area contributed by atoms with E-state index >= 15 is 0 Å². The van der Waals surface area contributed by atoms with Crippen molar-refractivity contribution in [1.82, 2.24) is 4.98 Å². The zero-order valence-corrected chi connectivity index (χ0v) is 11.4. The van der Waals surface area contributed by atoms with Gasteiger partial charge in [0.1, 0.15) is 0 Å². The largest absolute Gasteiger partial charge is 0.292 e. The lowest BCUT2D eigenvalue weighted by Gasteiger charge is -2.02. The third kappa shape index (κ3) is 3.98. The van der Waals surface area contributed by atoms with Gasteiger partial charge < -0.3 is 0 Å². The zero-order valence-electron chi connectivity index (χ0n) is 11.4. The Bertz CT molecular complexity index is 550. The highest BCUT2D eigenvalue weighted by Gasteiger charge is 2.14. The van der Waals surface area contributed by atoms with Crippen molar-refractivity contribution in [1.29, 1.82) is 0 Å². The molecule has 1 aromatic heterocycles. The van der Waals surface area contributed by atoms with E-state index in [4.69, 9.17) is 0 Å². The molecule has 0 unspecified atom stereocenters. The second-order valence-corrected chi connectivity index (χ2v) is 5.12. The van der Waals surface area contributed by atoms with Crippen LogP contribution in [0.15, 0.2) is 48.9 Å². The van der Waals surface area contributed by atoms with Crippen LogP contribution in [0.3, 0.4) is 0 Å². The fraction of sp³-hybridized carbons (Fsp3) is 0.312. The molecule has 0 saturated carbocycles. The molecule has 1 aromatic carbocycles. The molecule has 0 fully saturated rings. The van der Waals surface area contributed by atoms with Crippen molar-refractivity contribution < 1.29 is 9.36 Å². The van der Waals surface area contributed by atoms with Gasteiger partial charge in [0.05, 0.1) is 6.20 Å². The lowest BCUT2D eigenvalue weighted by molar-refractivity contribution is -0.689. The second-order valence-electron chi connectivity index (χ2n) is 5.12. The number of carbonyl (C=O) groups is 1. The van der Waals surface area contributed by atoms with Gasteiger partial charge in [0.25, 0.3) is 0 Å². The SMILES string of the molecule is CC(C)CC(=O)c1c[n+](Cc2ccccc2)ccn1. The summed E-state index contributed by atoms with van der Waals surface area (Å²) < 4.78 is 2.00. The van der Waals surface area contributed by atoms with Gasteiger partial charge in [-0.15, -0.1) is 0 Å². The van der Waals surface area contributed by atoms with Crippen LogP contribution in [0.4, 0.5) is 0 Å². The number of hydrogen-bond donors (Lipinski definition) is 0. The molecule has 0 spiro atoms. The van der Waals surface area contributed by atoms with Crippen LogP contribution in [0.2, 0.25) is 0 Å². The number of carbonyl (C=O) groups excluding carboxylic acids is 1. The van der Waals surface area contributed by atoms with Crippen molar-refractivity contribution in [2.45, 2.75) is 26.8 Å². The molecule has 0 amide bonds. The Morgan fingerprint density at radius 1 is 1.26 bits per heavy atom. The van der Waals surface area contributed by atoms with E-state index in [1.165, 1.54) is 5.56 Å². The summed E-state index contributed by atoms with van der Waals surface area (Å²) in [5, 5.41) is 0. The fourth-order valence-corrected chi connectivity index (χ4v) is 1.94. The number of rotatable bonds is 5. The Balaban J connectivity index is 2.13.